The van der Waals surface area contributed by atoms with E-state index in [0.29, 0.717) is 16.7 Å². The van der Waals surface area contributed by atoms with E-state index in [4.69, 9.17) is 11.6 Å². The van der Waals surface area contributed by atoms with E-state index in [0.717, 1.165) is 16.8 Å². The number of anilines is 2. The van der Waals surface area contributed by atoms with Crippen LogP contribution in [0.4, 0.5) is 11.5 Å². The average Bonchev–Trinajstić information content (AvgIpc) is 2.47. The summed E-state index contributed by atoms with van der Waals surface area (Å²) in [7, 11) is 1.68. The number of halogens is 1. The fourth-order valence-electron chi connectivity index (χ4n) is 2.45. The third-order valence-corrected chi connectivity index (χ3v) is 3.65. The van der Waals surface area contributed by atoms with Crippen molar-refractivity contribution in [2.45, 2.75) is 13.3 Å². The quantitative estimate of drug-likeness (QED) is 0.849. The molecule has 108 valence electrons. The molecule has 6 heteroatoms. The maximum Gasteiger partial charge on any atom is 0.212 e. The van der Waals surface area contributed by atoms with Crippen LogP contribution in [0, 0.1) is 6.92 Å². The van der Waals surface area contributed by atoms with Gasteiger partial charge in [-0.3, -0.25) is 9.89 Å². The van der Waals surface area contributed by atoms with Gasteiger partial charge in [-0.25, -0.2) is 4.98 Å². The summed E-state index contributed by atoms with van der Waals surface area (Å²) in [5, 5.41) is 14.0. The third-order valence-electron chi connectivity index (χ3n) is 3.42. The van der Waals surface area contributed by atoms with Gasteiger partial charge in [-0.05, 0) is 36.8 Å². The number of aliphatic hydroxyl groups is 1. The second-order valence-electron chi connectivity index (χ2n) is 4.77. The summed E-state index contributed by atoms with van der Waals surface area (Å²) < 4.78 is 0. The zero-order valence-electron chi connectivity index (χ0n) is 11.7. The van der Waals surface area contributed by atoms with Crippen molar-refractivity contribution in [1.82, 2.24) is 10.3 Å². The molecule has 0 radical (unpaired) electrons. The van der Waals surface area contributed by atoms with Gasteiger partial charge < -0.3 is 10.4 Å². The highest BCUT2D eigenvalue weighted by atomic mass is 35.5. The van der Waals surface area contributed by atoms with Crippen molar-refractivity contribution in [1.29, 1.82) is 0 Å². The van der Waals surface area contributed by atoms with Crippen molar-refractivity contribution >= 4 is 28.9 Å². The van der Waals surface area contributed by atoms with Crippen LogP contribution in [-0.4, -0.2) is 29.3 Å². The van der Waals surface area contributed by atoms with Crippen LogP contribution in [0.5, 0.6) is 0 Å². The molecular weight excluding hydrogens is 288 g/mol. The minimum absolute atomic E-state index is 0.594. The zero-order valence-corrected chi connectivity index (χ0v) is 12.5. The lowest BCUT2D eigenvalue weighted by molar-refractivity contribution is 0.163. The lowest BCUT2D eigenvalue weighted by Crippen LogP contribution is -2.51. The summed E-state index contributed by atoms with van der Waals surface area (Å²) in [6, 6.07) is 9.29. The lowest BCUT2D eigenvalue weighted by Gasteiger charge is -2.37. The summed E-state index contributed by atoms with van der Waals surface area (Å²) in [5.74, 6) is 1.30. The van der Waals surface area contributed by atoms with Crippen LogP contribution in [0.2, 0.25) is 5.02 Å². The lowest BCUT2D eigenvalue weighted by atomic mass is 10.1. The number of fused-ring (bicyclic) bond motifs is 1. The van der Waals surface area contributed by atoms with Crippen LogP contribution >= 0.6 is 11.6 Å². The topological polar surface area (TPSA) is 60.8 Å². The second kappa shape index (κ2) is 5.35. The first-order chi connectivity index (χ1) is 10.1. The molecule has 0 bridgehead atoms. The molecular formula is C15H15ClN4O. The van der Waals surface area contributed by atoms with Crippen LogP contribution in [0.25, 0.3) is 0 Å². The van der Waals surface area contributed by atoms with E-state index in [1.165, 1.54) is 0 Å². The summed E-state index contributed by atoms with van der Waals surface area (Å²) >= 11 is 6.12. The molecule has 5 nitrogen and oxygen atoms in total. The van der Waals surface area contributed by atoms with Crippen LogP contribution < -0.4 is 10.2 Å². The standard InChI is InChI=1S/C15H15ClN4O/c1-9-4-3-7-18-14(9)20-12-8-10(16)5-6-11(12)13(17-2)19-15(20)21/h3-8,15,21H,1-2H3,(H,17,19). The normalized spacial score (nSPS) is 19.3. The molecule has 0 amide bonds. The predicted molar refractivity (Wildman–Crippen MR) is 84.2 cm³/mol. The van der Waals surface area contributed by atoms with Crippen molar-refractivity contribution < 1.29 is 5.11 Å². The van der Waals surface area contributed by atoms with Gasteiger partial charge in [0.25, 0.3) is 0 Å². The van der Waals surface area contributed by atoms with Gasteiger partial charge in [0, 0.05) is 23.8 Å². The summed E-state index contributed by atoms with van der Waals surface area (Å²) in [4.78, 5) is 10.3. The van der Waals surface area contributed by atoms with Gasteiger partial charge in [0.15, 0.2) is 0 Å². The van der Waals surface area contributed by atoms with Crippen LogP contribution in [0.3, 0.4) is 0 Å². The number of nitrogens with one attached hydrogen (secondary N) is 1. The maximum absolute atomic E-state index is 10.4. The molecule has 21 heavy (non-hydrogen) atoms. The number of hydrogen-bond acceptors (Lipinski definition) is 4. The van der Waals surface area contributed by atoms with E-state index >= 15 is 0 Å². The summed E-state index contributed by atoms with van der Waals surface area (Å²) in [6.07, 6.45) is 0.742. The first-order valence-electron chi connectivity index (χ1n) is 6.54. The Labute approximate surface area is 127 Å². The Kier molecular flexibility index (Phi) is 3.53. The smallest absolute Gasteiger partial charge is 0.212 e. The van der Waals surface area contributed by atoms with E-state index in [1.54, 1.807) is 30.3 Å². The number of aromatic nitrogens is 1. The first kappa shape index (κ1) is 13.9. The number of benzene rings is 1. The fourth-order valence-corrected chi connectivity index (χ4v) is 2.61. The van der Waals surface area contributed by atoms with Crippen molar-refractivity contribution in [3.05, 3.63) is 52.7 Å². The monoisotopic (exact) mass is 302 g/mol. The van der Waals surface area contributed by atoms with E-state index in [9.17, 15) is 5.11 Å². The van der Waals surface area contributed by atoms with Crippen LogP contribution in [0.1, 0.15) is 11.1 Å². The third kappa shape index (κ3) is 2.34. The number of nitrogens with zero attached hydrogens (tertiary/aromatic N) is 3. The molecule has 2 heterocycles. The Hall–Kier alpha value is -2.11. The molecule has 0 aliphatic carbocycles. The zero-order chi connectivity index (χ0) is 15.0. The van der Waals surface area contributed by atoms with Crippen molar-refractivity contribution in [2.75, 3.05) is 11.9 Å². The average molecular weight is 303 g/mol. The number of aliphatic hydroxyl groups excluding tert-OH is 1. The Morgan fingerprint density at radius 2 is 2.19 bits per heavy atom. The van der Waals surface area contributed by atoms with Crippen molar-refractivity contribution in [2.24, 2.45) is 4.99 Å². The molecule has 0 saturated heterocycles. The van der Waals surface area contributed by atoms with Crippen molar-refractivity contribution in [3.8, 4) is 0 Å². The minimum Gasteiger partial charge on any atom is -0.356 e. The highest BCUT2D eigenvalue weighted by Gasteiger charge is 2.30. The van der Waals surface area contributed by atoms with Gasteiger partial charge in [0.2, 0.25) is 6.35 Å². The first-order valence-corrected chi connectivity index (χ1v) is 6.92. The molecule has 0 spiro atoms. The van der Waals surface area contributed by atoms with Gasteiger partial charge in [-0.2, -0.15) is 0 Å². The van der Waals surface area contributed by atoms with Crippen molar-refractivity contribution in [3.63, 3.8) is 0 Å². The molecule has 2 aromatic rings. The van der Waals surface area contributed by atoms with E-state index in [1.807, 2.05) is 25.1 Å². The highest BCUT2D eigenvalue weighted by Crippen LogP contribution is 2.35. The summed E-state index contributed by atoms with van der Waals surface area (Å²) in [6.45, 7) is 1.95. The minimum atomic E-state index is -0.955. The molecule has 1 aliphatic heterocycles. The number of amidine groups is 1. The van der Waals surface area contributed by atoms with Crippen LogP contribution in [-0.2, 0) is 0 Å². The number of hydrogen-bond donors (Lipinski definition) is 2. The second-order valence-corrected chi connectivity index (χ2v) is 5.20. The molecule has 1 aliphatic rings. The van der Waals surface area contributed by atoms with E-state index in [-0.39, 0.29) is 0 Å². The molecule has 3 rings (SSSR count). The maximum atomic E-state index is 10.4. The Balaban J connectivity index is 2.22. The van der Waals surface area contributed by atoms with E-state index in [2.05, 4.69) is 15.3 Å². The summed E-state index contributed by atoms with van der Waals surface area (Å²) in [5.41, 5.74) is 2.61. The Morgan fingerprint density at radius 1 is 1.38 bits per heavy atom. The van der Waals surface area contributed by atoms with Gasteiger partial charge in [-0.1, -0.05) is 17.7 Å². The highest BCUT2D eigenvalue weighted by molar-refractivity contribution is 6.31. The van der Waals surface area contributed by atoms with E-state index < -0.39 is 6.35 Å². The molecule has 1 aromatic carbocycles. The molecule has 1 atom stereocenters. The van der Waals surface area contributed by atoms with Gasteiger partial charge in [-0.15, -0.1) is 0 Å². The fraction of sp³-hybridized carbons (Fsp3) is 0.200. The molecule has 1 unspecified atom stereocenters. The Bertz CT molecular complexity index is 717. The molecule has 2 N–H and O–H groups in total. The number of pyridine rings is 1. The molecule has 0 fully saturated rings. The SMILES string of the molecule is CN=C1NC(O)N(c2ncccc2C)c2cc(Cl)ccc21. The number of aliphatic imine (C=N–C) groups is 1. The largest absolute Gasteiger partial charge is 0.356 e. The predicted octanol–water partition coefficient (Wildman–Crippen LogP) is 2.44. The van der Waals surface area contributed by atoms with Gasteiger partial charge in [0.05, 0.1) is 5.69 Å². The van der Waals surface area contributed by atoms with Crippen LogP contribution in [0.15, 0.2) is 41.5 Å². The molecule has 1 aromatic heterocycles. The number of aryl methyl sites for hydroxylation is 1. The van der Waals surface area contributed by atoms with Gasteiger partial charge in [0.1, 0.15) is 11.7 Å². The Morgan fingerprint density at radius 3 is 2.90 bits per heavy atom. The number of rotatable bonds is 1. The molecule has 0 saturated carbocycles. The van der Waals surface area contributed by atoms with Gasteiger partial charge >= 0.3 is 0 Å².